The largest absolute Gasteiger partial charge is 0.347 e. The molecule has 1 rings (SSSR count). The Morgan fingerprint density at radius 1 is 1.73 bits per heavy atom. The average Bonchev–Trinajstić information content (AvgIpc) is 2.34. The molecule has 2 N–H and O–H groups in total. The number of hydrogen-bond donors (Lipinski definition) is 2. The molecule has 0 saturated heterocycles. The minimum atomic E-state index is -0.0560. The van der Waals surface area contributed by atoms with Gasteiger partial charge in [-0.3, -0.25) is 4.79 Å². The summed E-state index contributed by atoms with van der Waals surface area (Å²) in [5, 5.41) is 2.65. The zero-order chi connectivity index (χ0) is 8.27. The second-order valence-electron chi connectivity index (χ2n) is 2.13. The summed E-state index contributed by atoms with van der Waals surface area (Å²) in [4.78, 5) is 14.6. The van der Waals surface area contributed by atoms with Crippen molar-refractivity contribution in [2.75, 3.05) is 11.6 Å². The molecule has 0 aliphatic rings. The third-order valence-electron chi connectivity index (χ3n) is 1.20. The second-order valence-corrected chi connectivity index (χ2v) is 3.01. The maximum absolute atomic E-state index is 10.6. The maximum atomic E-state index is 10.6. The van der Waals surface area contributed by atoms with E-state index in [9.17, 15) is 4.79 Å². The molecule has 0 aliphatic carbocycles. The summed E-state index contributed by atoms with van der Waals surface area (Å²) in [5.74, 6) is 0.696. The van der Waals surface area contributed by atoms with Crippen molar-refractivity contribution in [2.24, 2.45) is 0 Å². The topological polar surface area (TPSA) is 44.9 Å². The number of anilines is 1. The Balaban J connectivity index is 2.65. The van der Waals surface area contributed by atoms with Gasteiger partial charge in [-0.15, -0.1) is 11.8 Å². The van der Waals surface area contributed by atoms with Crippen LogP contribution in [0.5, 0.6) is 0 Å². The van der Waals surface area contributed by atoms with Gasteiger partial charge < -0.3 is 10.3 Å². The zero-order valence-corrected chi connectivity index (χ0v) is 7.29. The fraction of sp³-hybridized carbons (Fsp3) is 0.286. The van der Waals surface area contributed by atoms with Gasteiger partial charge in [0, 0.05) is 18.0 Å². The van der Waals surface area contributed by atoms with E-state index in [1.165, 1.54) is 6.92 Å². The van der Waals surface area contributed by atoms with E-state index in [-0.39, 0.29) is 5.91 Å². The van der Waals surface area contributed by atoms with Gasteiger partial charge in [0.2, 0.25) is 5.91 Å². The van der Waals surface area contributed by atoms with Crippen LogP contribution >= 0.6 is 11.8 Å². The molecule has 1 heterocycles. The van der Waals surface area contributed by atoms with Gasteiger partial charge in [0.15, 0.2) is 0 Å². The van der Waals surface area contributed by atoms with Gasteiger partial charge in [-0.2, -0.15) is 0 Å². The predicted octanol–water partition coefficient (Wildman–Crippen LogP) is 1.69. The number of hydrogen-bond acceptors (Lipinski definition) is 2. The van der Waals surface area contributed by atoms with Crippen LogP contribution in [0.15, 0.2) is 17.2 Å². The van der Waals surface area contributed by atoms with E-state index in [0.717, 1.165) is 10.7 Å². The van der Waals surface area contributed by atoms with Crippen LogP contribution in [0.1, 0.15) is 6.92 Å². The minimum absolute atomic E-state index is 0.0560. The predicted molar refractivity (Wildman–Crippen MR) is 46.9 cm³/mol. The lowest BCUT2D eigenvalue weighted by atomic mass is 10.6. The molecule has 3 nitrogen and oxygen atoms in total. The SMILES string of the molecule is CSc1c[nH]c(NC(C)=O)c1. The van der Waals surface area contributed by atoms with Gasteiger partial charge in [0.05, 0.1) is 0 Å². The van der Waals surface area contributed by atoms with Crippen molar-refractivity contribution in [2.45, 2.75) is 11.8 Å². The average molecular weight is 170 g/mol. The molecule has 4 heteroatoms. The molecule has 0 unspecified atom stereocenters. The third kappa shape index (κ3) is 2.31. The zero-order valence-electron chi connectivity index (χ0n) is 6.47. The van der Waals surface area contributed by atoms with E-state index in [1.807, 2.05) is 18.5 Å². The van der Waals surface area contributed by atoms with Crippen LogP contribution < -0.4 is 5.32 Å². The van der Waals surface area contributed by atoms with Crippen molar-refractivity contribution in [1.82, 2.24) is 4.98 Å². The van der Waals surface area contributed by atoms with Crippen molar-refractivity contribution in [3.8, 4) is 0 Å². The number of carbonyl (C=O) groups excluding carboxylic acids is 1. The summed E-state index contributed by atoms with van der Waals surface area (Å²) in [6.07, 6.45) is 3.84. The standard InChI is InChI=1S/C7H10N2OS/c1-5(10)9-7-3-6(11-2)4-8-7/h3-4,8H,1-2H3,(H,9,10). The number of rotatable bonds is 2. The van der Waals surface area contributed by atoms with Crippen molar-refractivity contribution in [1.29, 1.82) is 0 Å². The Labute approximate surface area is 69.6 Å². The highest BCUT2D eigenvalue weighted by molar-refractivity contribution is 7.98. The molecule has 0 fully saturated rings. The van der Waals surface area contributed by atoms with Gasteiger partial charge in [-0.1, -0.05) is 0 Å². The molecule has 11 heavy (non-hydrogen) atoms. The Hall–Kier alpha value is -0.900. The van der Waals surface area contributed by atoms with E-state index in [2.05, 4.69) is 10.3 Å². The lowest BCUT2D eigenvalue weighted by molar-refractivity contribution is -0.114. The summed E-state index contributed by atoms with van der Waals surface area (Å²) < 4.78 is 0. The Kier molecular flexibility index (Phi) is 2.59. The molecule has 0 aromatic carbocycles. The first-order chi connectivity index (χ1) is 5.22. The number of amides is 1. The highest BCUT2D eigenvalue weighted by atomic mass is 32.2. The molecule has 1 aromatic rings. The van der Waals surface area contributed by atoms with E-state index in [1.54, 1.807) is 11.8 Å². The number of nitrogens with one attached hydrogen (secondary N) is 2. The highest BCUT2D eigenvalue weighted by Crippen LogP contribution is 2.17. The molecule has 1 amide bonds. The Morgan fingerprint density at radius 3 is 2.91 bits per heavy atom. The van der Waals surface area contributed by atoms with Crippen molar-refractivity contribution >= 4 is 23.5 Å². The van der Waals surface area contributed by atoms with Crippen LogP contribution in [-0.2, 0) is 4.79 Å². The van der Waals surface area contributed by atoms with Gasteiger partial charge in [0.1, 0.15) is 5.82 Å². The maximum Gasteiger partial charge on any atom is 0.222 e. The summed E-state index contributed by atoms with van der Waals surface area (Å²) in [5.41, 5.74) is 0. The van der Waals surface area contributed by atoms with Crippen molar-refractivity contribution in [3.05, 3.63) is 12.3 Å². The fourth-order valence-corrected chi connectivity index (χ4v) is 1.17. The van der Waals surface area contributed by atoms with Crippen LogP contribution in [0, 0.1) is 0 Å². The molecule has 0 aliphatic heterocycles. The smallest absolute Gasteiger partial charge is 0.222 e. The molecular weight excluding hydrogens is 160 g/mol. The quantitative estimate of drug-likeness (QED) is 0.663. The van der Waals surface area contributed by atoms with Crippen LogP contribution in [0.3, 0.4) is 0 Å². The first-order valence-electron chi connectivity index (χ1n) is 3.22. The van der Waals surface area contributed by atoms with Crippen LogP contribution in [0.2, 0.25) is 0 Å². The first-order valence-corrected chi connectivity index (χ1v) is 4.45. The number of H-pyrrole nitrogens is 1. The van der Waals surface area contributed by atoms with E-state index in [4.69, 9.17) is 0 Å². The molecule has 0 radical (unpaired) electrons. The molecule has 0 spiro atoms. The second kappa shape index (κ2) is 3.48. The molecule has 0 bridgehead atoms. The monoisotopic (exact) mass is 170 g/mol. The summed E-state index contributed by atoms with van der Waals surface area (Å²) in [6, 6.07) is 1.89. The normalized spacial score (nSPS) is 9.64. The van der Waals surface area contributed by atoms with Crippen molar-refractivity contribution < 1.29 is 4.79 Å². The number of carbonyl (C=O) groups is 1. The molecular formula is C7H10N2OS. The summed E-state index contributed by atoms with van der Waals surface area (Å²) in [7, 11) is 0. The first kappa shape index (κ1) is 8.20. The third-order valence-corrected chi connectivity index (χ3v) is 1.91. The number of thioether (sulfide) groups is 1. The van der Waals surface area contributed by atoms with E-state index >= 15 is 0 Å². The molecule has 0 atom stereocenters. The van der Waals surface area contributed by atoms with Gasteiger partial charge in [0.25, 0.3) is 0 Å². The van der Waals surface area contributed by atoms with Gasteiger partial charge in [-0.25, -0.2) is 0 Å². The number of aromatic amines is 1. The number of aromatic nitrogens is 1. The lowest BCUT2D eigenvalue weighted by Crippen LogP contribution is -2.05. The summed E-state index contributed by atoms with van der Waals surface area (Å²) in [6.45, 7) is 1.49. The highest BCUT2D eigenvalue weighted by Gasteiger charge is 1.97. The summed E-state index contributed by atoms with van der Waals surface area (Å²) >= 11 is 1.63. The molecule has 60 valence electrons. The van der Waals surface area contributed by atoms with Crippen LogP contribution in [0.4, 0.5) is 5.82 Å². The van der Waals surface area contributed by atoms with Crippen molar-refractivity contribution in [3.63, 3.8) is 0 Å². The van der Waals surface area contributed by atoms with Gasteiger partial charge in [-0.05, 0) is 12.3 Å². The van der Waals surface area contributed by atoms with Crippen LogP contribution in [0.25, 0.3) is 0 Å². The van der Waals surface area contributed by atoms with E-state index < -0.39 is 0 Å². The molecule has 0 saturated carbocycles. The molecule has 1 aromatic heterocycles. The Morgan fingerprint density at radius 2 is 2.45 bits per heavy atom. The van der Waals surface area contributed by atoms with E-state index in [0.29, 0.717) is 0 Å². The Bertz CT molecular complexity index is 257. The minimum Gasteiger partial charge on any atom is -0.347 e. The fourth-order valence-electron chi connectivity index (χ4n) is 0.754. The lowest BCUT2D eigenvalue weighted by Gasteiger charge is -1.94. The van der Waals surface area contributed by atoms with Crippen LogP contribution in [-0.4, -0.2) is 17.1 Å². The van der Waals surface area contributed by atoms with Gasteiger partial charge >= 0.3 is 0 Å².